The second kappa shape index (κ2) is 14.6. The number of carbonyl (C=O) groups is 1. The molecule has 0 bridgehead atoms. The molecule has 0 radical (unpaired) electrons. The predicted octanol–water partition coefficient (Wildman–Crippen LogP) is 3.10. The van der Waals surface area contributed by atoms with Crippen LogP contribution in [0, 0.1) is 0 Å². The molecule has 2 aromatic rings. The van der Waals surface area contributed by atoms with Gasteiger partial charge in [-0.05, 0) is 50.6 Å². The molecule has 2 aliphatic heterocycles. The van der Waals surface area contributed by atoms with Crippen LogP contribution in [0.25, 0.3) is 0 Å². The van der Waals surface area contributed by atoms with E-state index in [1.807, 2.05) is 18.4 Å². The Labute approximate surface area is 302 Å². The second-order valence-electron chi connectivity index (χ2n) is 13.1. The van der Waals surface area contributed by atoms with Crippen LogP contribution in [0.5, 0.6) is 5.75 Å². The highest BCUT2D eigenvalue weighted by molar-refractivity contribution is 7.87. The SMILES string of the molecule is CC1(C)C(/C=C/C=C/C=C2/N(CCCS(=O)(=O)O)c3cc(S(=O)(=O)O)cc(S(=O)(=O)O)c3C2(C)C)=[N+](CCCS(=O)(=O)[O-])c2ccc(OC=O)cc21. The first kappa shape index (κ1) is 41.0. The number of hydrogen-bond acceptors (Lipinski definition) is 12. The highest BCUT2D eigenvalue weighted by Crippen LogP contribution is 2.51. The molecule has 16 nitrogen and oxygen atoms in total. The number of rotatable bonds is 15. The minimum Gasteiger partial charge on any atom is -0.748 e. The van der Waals surface area contributed by atoms with Crippen LogP contribution in [-0.4, -0.2) is 93.2 Å². The van der Waals surface area contributed by atoms with Gasteiger partial charge in [0.05, 0.1) is 26.2 Å². The van der Waals surface area contributed by atoms with Crippen molar-refractivity contribution in [3.63, 3.8) is 0 Å². The van der Waals surface area contributed by atoms with Gasteiger partial charge in [0.1, 0.15) is 17.2 Å². The van der Waals surface area contributed by atoms with Gasteiger partial charge in [-0.2, -0.15) is 29.8 Å². The van der Waals surface area contributed by atoms with E-state index in [0.29, 0.717) is 35.4 Å². The molecule has 20 heteroatoms. The van der Waals surface area contributed by atoms with Crippen molar-refractivity contribution in [3.8, 4) is 5.75 Å². The minimum absolute atomic E-state index is 0.0147. The topological polar surface area (TPSA) is 253 Å². The number of hydrogen-bond donors (Lipinski definition) is 3. The summed E-state index contributed by atoms with van der Waals surface area (Å²) >= 11 is 0. The van der Waals surface area contributed by atoms with Crippen molar-refractivity contribution in [1.29, 1.82) is 0 Å². The maximum atomic E-state index is 12.5. The number of anilines is 1. The first-order chi connectivity index (χ1) is 23.8. The summed E-state index contributed by atoms with van der Waals surface area (Å²) in [5.74, 6) is -0.965. The van der Waals surface area contributed by atoms with Gasteiger partial charge in [0.15, 0.2) is 5.71 Å². The number of nitrogens with zero attached hydrogens (tertiary/aromatic N) is 2. The summed E-state index contributed by atoms with van der Waals surface area (Å²) in [7, 11) is -18.9. The summed E-state index contributed by atoms with van der Waals surface area (Å²) in [4.78, 5) is 10.8. The van der Waals surface area contributed by atoms with E-state index in [0.717, 1.165) is 11.6 Å². The molecule has 0 amide bonds. The zero-order valence-corrected chi connectivity index (χ0v) is 31.7. The molecule has 284 valence electrons. The van der Waals surface area contributed by atoms with Crippen molar-refractivity contribution in [2.24, 2.45) is 0 Å². The van der Waals surface area contributed by atoms with E-state index in [2.05, 4.69) is 0 Å². The lowest BCUT2D eigenvalue weighted by atomic mass is 9.81. The van der Waals surface area contributed by atoms with Crippen molar-refractivity contribution >= 4 is 64.0 Å². The number of benzene rings is 2. The molecule has 2 aliphatic rings. The second-order valence-corrected chi connectivity index (χ2v) is 19.1. The summed E-state index contributed by atoms with van der Waals surface area (Å²) in [5, 5.41) is 0. The Hall–Kier alpha value is -3.76. The highest BCUT2D eigenvalue weighted by Gasteiger charge is 2.46. The van der Waals surface area contributed by atoms with Gasteiger partial charge in [-0.3, -0.25) is 18.5 Å². The van der Waals surface area contributed by atoms with Crippen LogP contribution < -0.4 is 9.64 Å². The van der Waals surface area contributed by atoms with Crippen LogP contribution in [0.4, 0.5) is 11.4 Å². The lowest BCUT2D eigenvalue weighted by Gasteiger charge is -2.27. The third kappa shape index (κ3) is 9.05. The van der Waals surface area contributed by atoms with Crippen LogP contribution in [-0.2, 0) is 56.1 Å². The van der Waals surface area contributed by atoms with Gasteiger partial charge in [-0.25, -0.2) is 8.42 Å². The van der Waals surface area contributed by atoms with Crippen LogP contribution in [0.2, 0.25) is 0 Å². The van der Waals surface area contributed by atoms with E-state index >= 15 is 0 Å². The van der Waals surface area contributed by atoms with E-state index in [-0.39, 0.29) is 37.2 Å². The monoisotopic (exact) mass is 802 g/mol. The Bertz CT molecular complexity index is 2360. The number of fused-ring (bicyclic) bond motifs is 2. The Morgan fingerprint density at radius 3 is 2.10 bits per heavy atom. The molecule has 0 aliphatic carbocycles. The quantitative estimate of drug-likeness (QED) is 0.101. The predicted molar refractivity (Wildman–Crippen MR) is 189 cm³/mol. The van der Waals surface area contributed by atoms with Crippen LogP contribution >= 0.6 is 0 Å². The molecule has 0 saturated carbocycles. The third-order valence-electron chi connectivity index (χ3n) is 8.82. The summed E-state index contributed by atoms with van der Waals surface area (Å²) in [6, 6.07) is 6.62. The third-order valence-corrected chi connectivity index (χ3v) is 12.1. The number of carbonyl (C=O) groups excluding carboxylic acids is 1. The van der Waals surface area contributed by atoms with Crippen LogP contribution in [0.1, 0.15) is 51.7 Å². The molecule has 52 heavy (non-hydrogen) atoms. The van der Waals surface area contributed by atoms with E-state index in [1.54, 1.807) is 62.4 Å². The summed E-state index contributed by atoms with van der Waals surface area (Å²) in [5.41, 5.74) is 0.564. The normalized spacial score (nSPS) is 18.1. The standard InChI is InChI=1S/C32H38N2O14S4/c1-31(2)24-18-22(48-21-35)12-13-25(24)33(14-8-16-49(36,37)38)28(31)10-6-5-7-11-29-32(3,4)30-26(34(29)15-9-17-50(39,40)41)19-23(51(42,43)44)20-27(30)52(45,46)47/h5-7,10-13,18-21H,8-9,14-17H2,1-4H3,(H3-,36,37,38,39,40,41,42,43,44,45,46,47). The van der Waals surface area contributed by atoms with Crippen LogP contribution in [0.15, 0.2) is 76.2 Å². The Morgan fingerprint density at radius 1 is 0.846 bits per heavy atom. The molecule has 2 heterocycles. The summed E-state index contributed by atoms with van der Waals surface area (Å²) < 4.78 is 142. The number of allylic oxidation sites excluding steroid dienone is 6. The van der Waals surface area contributed by atoms with Gasteiger partial charge in [0.2, 0.25) is 5.69 Å². The zero-order chi connectivity index (χ0) is 39.1. The van der Waals surface area contributed by atoms with E-state index in [9.17, 15) is 56.7 Å². The molecule has 0 aromatic heterocycles. The fourth-order valence-electron chi connectivity index (χ4n) is 6.59. The zero-order valence-electron chi connectivity index (χ0n) is 28.5. The molecule has 0 atom stereocenters. The molecule has 0 unspecified atom stereocenters. The van der Waals surface area contributed by atoms with E-state index in [1.165, 1.54) is 4.90 Å². The lowest BCUT2D eigenvalue weighted by Crippen LogP contribution is -2.28. The largest absolute Gasteiger partial charge is 0.748 e. The molecule has 0 fully saturated rings. The van der Waals surface area contributed by atoms with E-state index < -0.39 is 72.6 Å². The average Bonchev–Trinajstić information content (AvgIpc) is 3.33. The summed E-state index contributed by atoms with van der Waals surface area (Å²) in [6.45, 7) is 7.32. The van der Waals surface area contributed by atoms with Crippen molar-refractivity contribution in [3.05, 3.63) is 77.5 Å². The fourth-order valence-corrected chi connectivity index (χ4v) is 9.06. The molecule has 3 N–H and O–H groups in total. The van der Waals surface area contributed by atoms with Crippen molar-refractivity contribution in [2.45, 2.75) is 61.2 Å². The Kier molecular flexibility index (Phi) is 11.5. The first-order valence-corrected chi connectivity index (χ1v) is 21.6. The summed E-state index contributed by atoms with van der Waals surface area (Å²) in [6.07, 6.45) is 8.03. The smallest absolute Gasteiger partial charge is 0.298 e. The molecule has 2 aromatic carbocycles. The van der Waals surface area contributed by atoms with Crippen molar-refractivity contribution in [2.75, 3.05) is 29.5 Å². The van der Waals surface area contributed by atoms with Crippen LogP contribution in [0.3, 0.4) is 0 Å². The van der Waals surface area contributed by atoms with Gasteiger partial charge < -0.3 is 14.2 Å². The Balaban J connectivity index is 1.79. The minimum atomic E-state index is -5.05. The van der Waals surface area contributed by atoms with Gasteiger partial charge in [0, 0.05) is 58.8 Å². The van der Waals surface area contributed by atoms with Gasteiger partial charge in [0.25, 0.3) is 36.8 Å². The van der Waals surface area contributed by atoms with Crippen molar-refractivity contribution < 1.29 is 66.0 Å². The maximum Gasteiger partial charge on any atom is 0.298 e. The van der Waals surface area contributed by atoms with Gasteiger partial charge >= 0.3 is 0 Å². The molecule has 4 rings (SSSR count). The molecule has 0 spiro atoms. The number of ether oxygens (including phenoxy) is 1. The maximum absolute atomic E-state index is 12.5. The highest BCUT2D eigenvalue weighted by atomic mass is 32.2. The fraction of sp³-hybridized carbons (Fsp3) is 0.375. The van der Waals surface area contributed by atoms with Crippen molar-refractivity contribution in [1.82, 2.24) is 0 Å². The van der Waals surface area contributed by atoms with Gasteiger partial charge in [-0.1, -0.05) is 32.1 Å². The molecule has 0 saturated heterocycles. The molecular weight excluding hydrogens is 765 g/mol. The Morgan fingerprint density at radius 2 is 1.52 bits per heavy atom. The first-order valence-electron chi connectivity index (χ1n) is 15.5. The van der Waals surface area contributed by atoms with E-state index in [4.69, 9.17) is 4.74 Å². The molecular formula is C32H38N2O14S4. The lowest BCUT2D eigenvalue weighted by molar-refractivity contribution is -0.437. The van der Waals surface area contributed by atoms with Gasteiger partial charge in [-0.15, -0.1) is 0 Å². The average molecular weight is 803 g/mol.